The van der Waals surface area contributed by atoms with E-state index in [0.29, 0.717) is 5.56 Å². The summed E-state index contributed by atoms with van der Waals surface area (Å²) in [5.74, 6) is -0.267. The monoisotopic (exact) mass is 442 g/mol. The Bertz CT molecular complexity index is 1220. The molecule has 0 saturated heterocycles. The summed E-state index contributed by atoms with van der Waals surface area (Å²) in [7, 11) is -3.56. The van der Waals surface area contributed by atoms with Gasteiger partial charge in [-0.15, -0.1) is 0 Å². The molecule has 0 unspecified atom stereocenters. The van der Waals surface area contributed by atoms with Gasteiger partial charge >= 0.3 is 0 Å². The molecule has 3 rings (SSSR count). The number of nitrogens with one attached hydrogen (secondary N) is 2. The Kier molecular flexibility index (Phi) is 6.40. The van der Waals surface area contributed by atoms with E-state index in [1.807, 2.05) is 42.1 Å². The topological polar surface area (TPSA) is 123 Å². The quantitative estimate of drug-likeness (QED) is 0.314. The van der Waals surface area contributed by atoms with Crippen LogP contribution in [-0.4, -0.2) is 43.2 Å². The summed E-state index contributed by atoms with van der Waals surface area (Å²) in [4.78, 5) is 23.0. The van der Waals surface area contributed by atoms with E-state index in [-0.39, 0.29) is 35.3 Å². The molecule has 0 atom stereocenters. The molecule has 0 radical (unpaired) electrons. The van der Waals surface area contributed by atoms with Gasteiger partial charge in [0, 0.05) is 49.1 Å². The summed E-state index contributed by atoms with van der Waals surface area (Å²) < 4.78 is 25.2. The lowest BCUT2D eigenvalue weighted by atomic mass is 10.1. The fourth-order valence-electron chi connectivity index (χ4n) is 3.04. The average Bonchev–Trinajstić information content (AvgIpc) is 3.25. The smallest absolute Gasteiger partial charge is 0.293 e. The number of rotatable bonds is 8. The predicted molar refractivity (Wildman–Crippen MR) is 118 cm³/mol. The van der Waals surface area contributed by atoms with E-state index >= 15 is 0 Å². The lowest BCUT2D eigenvalue weighted by Gasteiger charge is -2.12. The number of sulfone groups is 1. The van der Waals surface area contributed by atoms with Gasteiger partial charge in [-0.25, -0.2) is 8.42 Å². The molecular formula is C21H22N4O5S. The number of amides is 1. The van der Waals surface area contributed by atoms with Gasteiger partial charge in [0.25, 0.3) is 11.6 Å². The van der Waals surface area contributed by atoms with Gasteiger partial charge in [-0.3, -0.25) is 14.9 Å². The molecule has 0 saturated carbocycles. The molecule has 10 heteroatoms. The summed E-state index contributed by atoms with van der Waals surface area (Å²) in [5.41, 5.74) is 2.26. The molecule has 1 amide bonds. The predicted octanol–water partition coefficient (Wildman–Crippen LogP) is 2.94. The third kappa shape index (κ3) is 5.28. The van der Waals surface area contributed by atoms with Gasteiger partial charge in [-0.2, -0.15) is 0 Å². The van der Waals surface area contributed by atoms with Crippen LogP contribution in [0, 0.1) is 17.0 Å². The lowest BCUT2D eigenvalue weighted by Crippen LogP contribution is -2.29. The molecule has 3 aromatic rings. The molecule has 2 aromatic carbocycles. The van der Waals surface area contributed by atoms with Crippen LogP contribution in [0.3, 0.4) is 0 Å². The minimum absolute atomic E-state index is 0.129. The van der Waals surface area contributed by atoms with Crippen molar-refractivity contribution >= 4 is 27.1 Å². The number of nitro benzene ring substituents is 1. The van der Waals surface area contributed by atoms with Crippen molar-refractivity contribution in [2.24, 2.45) is 0 Å². The molecule has 0 aliphatic carbocycles. The zero-order valence-electron chi connectivity index (χ0n) is 17.0. The van der Waals surface area contributed by atoms with E-state index in [1.54, 1.807) is 12.1 Å². The van der Waals surface area contributed by atoms with Crippen LogP contribution in [0.25, 0.3) is 5.69 Å². The van der Waals surface area contributed by atoms with Crippen molar-refractivity contribution in [1.29, 1.82) is 0 Å². The Morgan fingerprint density at radius 3 is 2.45 bits per heavy atom. The summed E-state index contributed by atoms with van der Waals surface area (Å²) in [6.45, 7) is 2.40. The standard InChI is InChI=1S/C21H22N4O5S/c1-15-5-6-16(13-19(15)24-11-3-4-12-24)21(26)23-10-9-22-18-8-7-17(31(2,29)30)14-20(18)25(27)28/h3-8,11-14,22H,9-10H2,1-2H3,(H,23,26). The number of benzene rings is 2. The molecule has 0 aliphatic heterocycles. The maximum absolute atomic E-state index is 12.5. The number of aromatic nitrogens is 1. The maximum atomic E-state index is 12.5. The minimum atomic E-state index is -3.56. The second kappa shape index (κ2) is 9.00. The van der Waals surface area contributed by atoms with Crippen LogP contribution < -0.4 is 10.6 Å². The van der Waals surface area contributed by atoms with Crippen LogP contribution in [0.2, 0.25) is 0 Å². The third-order valence-electron chi connectivity index (χ3n) is 4.67. The number of aryl methyl sites for hydroxylation is 1. The molecule has 0 bridgehead atoms. The molecule has 0 aliphatic rings. The van der Waals surface area contributed by atoms with Gasteiger partial charge in [0.1, 0.15) is 5.69 Å². The second-order valence-electron chi connectivity index (χ2n) is 6.98. The van der Waals surface area contributed by atoms with Crippen molar-refractivity contribution in [3.05, 3.63) is 82.2 Å². The van der Waals surface area contributed by atoms with E-state index in [4.69, 9.17) is 0 Å². The van der Waals surface area contributed by atoms with Crippen LogP contribution >= 0.6 is 0 Å². The van der Waals surface area contributed by atoms with E-state index in [0.717, 1.165) is 23.6 Å². The van der Waals surface area contributed by atoms with Crippen LogP contribution in [0.4, 0.5) is 11.4 Å². The van der Waals surface area contributed by atoms with E-state index < -0.39 is 14.8 Å². The molecule has 0 fully saturated rings. The molecule has 1 heterocycles. The highest BCUT2D eigenvalue weighted by Crippen LogP contribution is 2.27. The average molecular weight is 442 g/mol. The van der Waals surface area contributed by atoms with Crippen LogP contribution in [-0.2, 0) is 9.84 Å². The van der Waals surface area contributed by atoms with Crippen molar-refractivity contribution in [3.63, 3.8) is 0 Å². The number of carbonyl (C=O) groups excluding carboxylic acids is 1. The highest BCUT2D eigenvalue weighted by molar-refractivity contribution is 7.90. The summed E-state index contributed by atoms with van der Waals surface area (Å²) in [6, 6.07) is 12.9. The van der Waals surface area contributed by atoms with E-state index in [2.05, 4.69) is 10.6 Å². The van der Waals surface area contributed by atoms with E-state index in [1.165, 1.54) is 12.1 Å². The highest BCUT2D eigenvalue weighted by Gasteiger charge is 2.18. The minimum Gasteiger partial charge on any atom is -0.378 e. The van der Waals surface area contributed by atoms with Crippen LogP contribution in [0.15, 0.2) is 65.8 Å². The first-order valence-electron chi connectivity index (χ1n) is 9.41. The molecule has 0 spiro atoms. The largest absolute Gasteiger partial charge is 0.378 e. The maximum Gasteiger partial charge on any atom is 0.293 e. The summed E-state index contributed by atoms with van der Waals surface area (Å²) in [5, 5.41) is 16.9. The first-order valence-corrected chi connectivity index (χ1v) is 11.3. The van der Waals surface area contributed by atoms with Gasteiger partial charge in [0.15, 0.2) is 9.84 Å². The Morgan fingerprint density at radius 1 is 1.10 bits per heavy atom. The van der Waals surface area contributed by atoms with Gasteiger partial charge in [-0.1, -0.05) is 6.07 Å². The summed E-state index contributed by atoms with van der Waals surface area (Å²) in [6.07, 6.45) is 4.78. The lowest BCUT2D eigenvalue weighted by molar-refractivity contribution is -0.384. The Morgan fingerprint density at radius 2 is 1.81 bits per heavy atom. The zero-order chi connectivity index (χ0) is 22.6. The molecular weight excluding hydrogens is 420 g/mol. The molecule has 9 nitrogen and oxygen atoms in total. The molecule has 1 aromatic heterocycles. The molecule has 2 N–H and O–H groups in total. The van der Waals surface area contributed by atoms with Crippen molar-refractivity contribution < 1.29 is 18.1 Å². The molecule has 31 heavy (non-hydrogen) atoms. The van der Waals surface area contributed by atoms with Gasteiger partial charge in [-0.05, 0) is 48.9 Å². The van der Waals surface area contributed by atoms with Crippen molar-refractivity contribution in [1.82, 2.24) is 9.88 Å². The van der Waals surface area contributed by atoms with E-state index in [9.17, 15) is 23.3 Å². The normalized spacial score (nSPS) is 11.2. The Hall–Kier alpha value is -3.66. The zero-order valence-corrected chi connectivity index (χ0v) is 17.8. The first-order chi connectivity index (χ1) is 14.7. The number of anilines is 1. The van der Waals surface area contributed by atoms with Crippen molar-refractivity contribution in [3.8, 4) is 5.69 Å². The van der Waals surface area contributed by atoms with Crippen molar-refractivity contribution in [2.45, 2.75) is 11.8 Å². The number of nitro groups is 1. The van der Waals surface area contributed by atoms with Crippen molar-refractivity contribution in [2.75, 3.05) is 24.7 Å². The highest BCUT2D eigenvalue weighted by atomic mass is 32.2. The van der Waals surface area contributed by atoms with Gasteiger partial charge < -0.3 is 15.2 Å². The number of hydrogen-bond donors (Lipinski definition) is 2. The third-order valence-corrected chi connectivity index (χ3v) is 5.78. The van der Waals surface area contributed by atoms with Crippen LogP contribution in [0.5, 0.6) is 0 Å². The number of nitrogens with zero attached hydrogens (tertiary/aromatic N) is 2. The number of carbonyl (C=O) groups is 1. The Labute approximate surface area is 179 Å². The van der Waals surface area contributed by atoms with Crippen LogP contribution in [0.1, 0.15) is 15.9 Å². The SMILES string of the molecule is Cc1ccc(C(=O)NCCNc2ccc(S(C)(=O)=O)cc2[N+](=O)[O-])cc1-n1cccc1. The van der Waals surface area contributed by atoms with Gasteiger partial charge in [0.05, 0.1) is 9.82 Å². The Balaban J connectivity index is 1.63. The fraction of sp³-hybridized carbons (Fsp3) is 0.190. The second-order valence-corrected chi connectivity index (χ2v) is 9.00. The van der Waals surface area contributed by atoms with Gasteiger partial charge in [0.2, 0.25) is 0 Å². The fourth-order valence-corrected chi connectivity index (χ4v) is 3.68. The first kappa shape index (κ1) is 22.0. The number of hydrogen-bond acceptors (Lipinski definition) is 6. The summed E-state index contributed by atoms with van der Waals surface area (Å²) >= 11 is 0. The molecule has 162 valence electrons.